The van der Waals surface area contributed by atoms with Crippen LogP contribution in [-0.4, -0.2) is 33.5 Å². The highest BCUT2D eigenvalue weighted by Crippen LogP contribution is 2.14. The van der Waals surface area contributed by atoms with E-state index >= 15 is 0 Å². The number of amides is 1. The highest BCUT2D eigenvalue weighted by Gasteiger charge is 2.13. The zero-order valence-corrected chi connectivity index (χ0v) is 12.0. The molecule has 6 nitrogen and oxygen atoms in total. The molecule has 0 aliphatic carbocycles. The van der Waals surface area contributed by atoms with E-state index in [0.717, 1.165) is 12.3 Å². The number of carbonyl (C=O) groups is 2. The van der Waals surface area contributed by atoms with Crippen molar-refractivity contribution in [3.05, 3.63) is 44.9 Å². The Labute approximate surface area is 127 Å². The second kappa shape index (κ2) is 6.59. The molecule has 0 fully saturated rings. The first kappa shape index (κ1) is 15.3. The van der Waals surface area contributed by atoms with Gasteiger partial charge in [0.2, 0.25) is 0 Å². The number of thiazole rings is 1. The summed E-state index contributed by atoms with van der Waals surface area (Å²) >= 11 is 6.90. The number of pyridine rings is 1. The zero-order chi connectivity index (χ0) is 15.4. The second-order valence-corrected chi connectivity index (χ2v) is 5.23. The van der Waals surface area contributed by atoms with Crippen molar-refractivity contribution in [3.8, 4) is 0 Å². The lowest BCUT2D eigenvalue weighted by Crippen LogP contribution is -2.26. The minimum atomic E-state index is -1.10. The van der Waals surface area contributed by atoms with Crippen molar-refractivity contribution in [1.82, 2.24) is 15.3 Å². The molecule has 0 atom stereocenters. The summed E-state index contributed by atoms with van der Waals surface area (Å²) in [6, 6.07) is 0.997. The molecule has 0 aliphatic rings. The summed E-state index contributed by atoms with van der Waals surface area (Å²) in [5, 5.41) is 13.2. The number of carbonyl (C=O) groups excluding carboxylic acids is 1. The van der Waals surface area contributed by atoms with E-state index in [1.54, 1.807) is 0 Å². The zero-order valence-electron chi connectivity index (χ0n) is 10.5. The fourth-order valence-corrected chi connectivity index (χ4v) is 2.45. The lowest BCUT2D eigenvalue weighted by atomic mass is 10.2. The van der Waals surface area contributed by atoms with Gasteiger partial charge in [0.25, 0.3) is 5.91 Å². The molecular weight excluding hydrogens is 321 g/mol. The quantitative estimate of drug-likeness (QED) is 0.818. The highest BCUT2D eigenvalue weighted by atomic mass is 35.5. The van der Waals surface area contributed by atoms with Crippen molar-refractivity contribution >= 4 is 34.8 Å². The van der Waals surface area contributed by atoms with Crippen molar-refractivity contribution < 1.29 is 19.1 Å². The molecule has 0 saturated carbocycles. The number of aromatic nitrogens is 2. The average molecular weight is 330 g/mol. The van der Waals surface area contributed by atoms with Gasteiger partial charge in [-0.25, -0.2) is 19.2 Å². The first-order valence-electron chi connectivity index (χ1n) is 5.74. The summed E-state index contributed by atoms with van der Waals surface area (Å²) in [7, 11) is 0. The Morgan fingerprint density at radius 2 is 2.24 bits per heavy atom. The van der Waals surface area contributed by atoms with Crippen LogP contribution in [0.15, 0.2) is 17.6 Å². The van der Waals surface area contributed by atoms with Crippen LogP contribution in [0.25, 0.3) is 0 Å². The summed E-state index contributed by atoms with van der Waals surface area (Å²) in [5.41, 5.74) is -0.0827. The molecule has 0 saturated heterocycles. The molecule has 0 unspecified atom stereocenters. The monoisotopic (exact) mass is 329 g/mol. The van der Waals surface area contributed by atoms with Crippen molar-refractivity contribution in [2.24, 2.45) is 0 Å². The van der Waals surface area contributed by atoms with Crippen LogP contribution in [0.2, 0.25) is 5.15 Å². The first-order chi connectivity index (χ1) is 9.97. The molecule has 0 bridgehead atoms. The molecule has 0 aliphatic heterocycles. The van der Waals surface area contributed by atoms with Gasteiger partial charge in [-0.2, -0.15) is 0 Å². The summed E-state index contributed by atoms with van der Waals surface area (Å²) in [5.74, 6) is -2.31. The minimum absolute atomic E-state index is 0.0290. The third-order valence-corrected chi connectivity index (χ3v) is 3.66. The molecule has 0 spiro atoms. The number of nitrogens with one attached hydrogen (secondary N) is 1. The summed E-state index contributed by atoms with van der Waals surface area (Å²) < 4.78 is 13.0. The predicted octanol–water partition coefficient (Wildman–Crippen LogP) is 2.00. The molecule has 0 radical (unpaired) electrons. The van der Waals surface area contributed by atoms with Crippen molar-refractivity contribution in [1.29, 1.82) is 0 Å². The Bertz CT molecular complexity index is 692. The lowest BCUT2D eigenvalue weighted by Gasteiger charge is -2.05. The summed E-state index contributed by atoms with van der Waals surface area (Å²) in [6.07, 6.45) is 1.28. The second-order valence-electron chi connectivity index (χ2n) is 3.93. The standard InChI is InChI=1S/C12H9ClFN3O3S/c13-10-7(3-6(14)4-16-10)11(18)15-2-1-9-17-8(5-21-9)12(19)20/h3-5H,1-2H2,(H,15,18)(H,19,20). The van der Waals surface area contributed by atoms with E-state index in [1.807, 2.05) is 0 Å². The Morgan fingerprint density at radius 3 is 2.90 bits per heavy atom. The average Bonchev–Trinajstić information content (AvgIpc) is 2.90. The SMILES string of the molecule is O=C(O)c1csc(CCNC(=O)c2cc(F)cnc2Cl)n1. The first-order valence-corrected chi connectivity index (χ1v) is 7.00. The number of rotatable bonds is 5. The van der Waals surface area contributed by atoms with E-state index in [-0.39, 0.29) is 23.0 Å². The van der Waals surface area contributed by atoms with Gasteiger partial charge >= 0.3 is 5.97 Å². The Hall–Kier alpha value is -2.06. The molecule has 9 heteroatoms. The van der Waals surface area contributed by atoms with Gasteiger partial charge < -0.3 is 10.4 Å². The highest BCUT2D eigenvalue weighted by molar-refractivity contribution is 7.09. The van der Waals surface area contributed by atoms with E-state index in [1.165, 1.54) is 16.7 Å². The number of carboxylic acid groups (broad SMARTS) is 1. The predicted molar refractivity (Wildman–Crippen MR) is 74.3 cm³/mol. The molecule has 2 N–H and O–H groups in total. The van der Waals surface area contributed by atoms with Gasteiger partial charge in [0.1, 0.15) is 11.0 Å². The number of carboxylic acids is 1. The molecule has 2 rings (SSSR count). The van der Waals surface area contributed by atoms with Gasteiger partial charge in [-0.1, -0.05) is 11.6 Å². The Kier molecular flexibility index (Phi) is 4.81. The van der Waals surface area contributed by atoms with Crippen LogP contribution in [0.3, 0.4) is 0 Å². The molecule has 21 heavy (non-hydrogen) atoms. The van der Waals surface area contributed by atoms with Crippen molar-refractivity contribution in [2.75, 3.05) is 6.54 Å². The van der Waals surface area contributed by atoms with Gasteiger partial charge in [0, 0.05) is 18.3 Å². The Morgan fingerprint density at radius 1 is 1.48 bits per heavy atom. The molecule has 1 amide bonds. The third kappa shape index (κ3) is 3.96. The van der Waals surface area contributed by atoms with Crippen molar-refractivity contribution in [3.63, 3.8) is 0 Å². The molecule has 2 heterocycles. The largest absolute Gasteiger partial charge is 0.476 e. The molecule has 110 valence electrons. The van der Waals surface area contributed by atoms with Gasteiger partial charge in [0.05, 0.1) is 16.8 Å². The van der Waals surface area contributed by atoms with Gasteiger partial charge in [-0.15, -0.1) is 11.3 Å². The number of aromatic carboxylic acids is 1. The Balaban J connectivity index is 1.92. The fourth-order valence-electron chi connectivity index (χ4n) is 1.48. The van der Waals surface area contributed by atoms with Gasteiger partial charge in [0.15, 0.2) is 5.69 Å². The van der Waals surface area contributed by atoms with Crippen LogP contribution in [0.4, 0.5) is 4.39 Å². The van der Waals surface area contributed by atoms with Crippen LogP contribution in [0, 0.1) is 5.82 Å². The maximum atomic E-state index is 13.0. The van der Waals surface area contributed by atoms with E-state index < -0.39 is 17.7 Å². The lowest BCUT2D eigenvalue weighted by molar-refractivity contribution is 0.0690. The van der Waals surface area contributed by atoms with E-state index in [0.29, 0.717) is 11.4 Å². The number of nitrogens with zero attached hydrogens (tertiary/aromatic N) is 2. The smallest absolute Gasteiger partial charge is 0.355 e. The van der Waals surface area contributed by atoms with Crippen LogP contribution < -0.4 is 5.32 Å². The summed E-state index contributed by atoms with van der Waals surface area (Å²) in [6.45, 7) is 0.220. The van der Waals surface area contributed by atoms with Crippen LogP contribution in [0.1, 0.15) is 25.9 Å². The maximum absolute atomic E-state index is 13.0. The van der Waals surface area contributed by atoms with Crippen LogP contribution in [-0.2, 0) is 6.42 Å². The third-order valence-electron chi connectivity index (χ3n) is 2.45. The molecule has 2 aromatic heterocycles. The normalized spacial score (nSPS) is 10.4. The van der Waals surface area contributed by atoms with Crippen LogP contribution in [0.5, 0.6) is 0 Å². The molecule has 0 aromatic carbocycles. The van der Waals surface area contributed by atoms with E-state index in [4.69, 9.17) is 16.7 Å². The topological polar surface area (TPSA) is 92.2 Å². The van der Waals surface area contributed by atoms with Gasteiger partial charge in [-0.05, 0) is 6.07 Å². The fraction of sp³-hybridized carbons (Fsp3) is 0.167. The number of halogens is 2. The molecular formula is C12H9ClFN3O3S. The van der Waals surface area contributed by atoms with Gasteiger partial charge in [-0.3, -0.25) is 4.79 Å². The number of hydrogen-bond acceptors (Lipinski definition) is 5. The minimum Gasteiger partial charge on any atom is -0.476 e. The maximum Gasteiger partial charge on any atom is 0.355 e. The summed E-state index contributed by atoms with van der Waals surface area (Å²) in [4.78, 5) is 29.9. The number of hydrogen-bond donors (Lipinski definition) is 2. The van der Waals surface area contributed by atoms with E-state index in [2.05, 4.69) is 15.3 Å². The van der Waals surface area contributed by atoms with Crippen LogP contribution >= 0.6 is 22.9 Å². The van der Waals surface area contributed by atoms with Crippen molar-refractivity contribution in [2.45, 2.75) is 6.42 Å². The van der Waals surface area contributed by atoms with E-state index in [9.17, 15) is 14.0 Å². The molecule has 2 aromatic rings.